The quantitative estimate of drug-likeness (QED) is 0.114. The van der Waals surface area contributed by atoms with E-state index >= 15 is 0 Å². The Bertz CT molecular complexity index is 1250. The third-order valence-electron chi connectivity index (χ3n) is 4.72. The third-order valence-corrected chi connectivity index (χ3v) is 4.72. The van der Waals surface area contributed by atoms with Crippen molar-refractivity contribution in [1.29, 1.82) is 0 Å². The molecule has 0 spiro atoms. The van der Waals surface area contributed by atoms with E-state index in [0.29, 0.717) is 0 Å². The van der Waals surface area contributed by atoms with E-state index < -0.39 is 15.6 Å². The van der Waals surface area contributed by atoms with Crippen molar-refractivity contribution >= 4 is 38.4 Å². The van der Waals surface area contributed by atoms with E-state index in [1.165, 1.54) is 22.7 Å². The van der Waals surface area contributed by atoms with Gasteiger partial charge in [-0.3, -0.25) is 19.9 Å². The minimum Gasteiger partial charge on any atom is 1.00 e. The smallest absolute Gasteiger partial charge is 1.00 e. The molecule has 0 saturated carbocycles. The number of hydrogen-bond donors (Lipinski definition) is 0. The van der Waals surface area contributed by atoms with Crippen LogP contribution < -0.4 is 19.6 Å². The van der Waals surface area contributed by atoms with Gasteiger partial charge in [-0.2, -0.15) is 0 Å². The minimum absolute atomic E-state index is 0. The van der Waals surface area contributed by atoms with Gasteiger partial charge < -0.3 is 19.6 Å². The maximum absolute atomic E-state index is 10.7. The Kier molecular flexibility index (Phi) is 22.9. The second-order valence-electron chi connectivity index (χ2n) is 10.3. The molecule has 4 heterocycles. The molecular formula is C28H40Ag2F12N8P2. The summed E-state index contributed by atoms with van der Waals surface area (Å²) < 4.78 is 118. The van der Waals surface area contributed by atoms with Crippen molar-refractivity contribution in [3.05, 3.63) is 98.1 Å². The predicted molar refractivity (Wildman–Crippen MR) is 181 cm³/mol. The number of halogens is 12. The van der Waals surface area contributed by atoms with Gasteiger partial charge in [-0.25, -0.2) is 0 Å². The number of rotatable bonds is 4. The van der Waals surface area contributed by atoms with Crippen LogP contribution in [0.5, 0.6) is 0 Å². The minimum atomic E-state index is -10.7. The van der Waals surface area contributed by atoms with Crippen LogP contribution in [0.25, 0.3) is 0 Å². The maximum Gasteiger partial charge on any atom is 1.00 e. The summed E-state index contributed by atoms with van der Waals surface area (Å²) >= 11 is 0. The van der Waals surface area contributed by atoms with Gasteiger partial charge in [0, 0.05) is 129 Å². The van der Waals surface area contributed by atoms with E-state index in [9.17, 15) is 50.4 Å². The van der Waals surface area contributed by atoms with Crippen LogP contribution >= 0.6 is 15.6 Å². The van der Waals surface area contributed by atoms with Crippen molar-refractivity contribution < 1.29 is 95.1 Å². The molecule has 0 bridgehead atoms. The SMILES string of the molecule is CN(C)c1ccncc1.CN(C)c1ccncc1.CN(C)c1ccncc1.CN(C)c1ccncc1.F[P-](F)(F)(F)(F)F.F[P-](F)(F)(F)(F)F.[Ag+].[Ag+]. The molecule has 0 N–H and O–H groups in total. The molecule has 4 aromatic rings. The standard InChI is InChI=1S/4C7H10N2.2Ag.2F6P/c4*1-9(2)7-3-5-8-6-4-7;;;2*1-7(2,3,4,5)6/h4*3-6H,1-2H3;;;;/q;;;;2*+1;2*-1. The van der Waals surface area contributed by atoms with E-state index in [1.54, 1.807) is 49.6 Å². The average Bonchev–Trinajstić information content (AvgIpc) is 2.97. The number of nitrogens with zero attached hydrogens (tertiary/aromatic N) is 8. The van der Waals surface area contributed by atoms with Gasteiger partial charge in [0.2, 0.25) is 0 Å². The Balaban J connectivity index is -0.000000265. The molecule has 308 valence electrons. The first-order valence-corrected chi connectivity index (χ1v) is 17.6. The van der Waals surface area contributed by atoms with Crippen molar-refractivity contribution in [2.75, 3.05) is 76.0 Å². The molecule has 0 aliphatic rings. The fraction of sp³-hybridized carbons (Fsp3) is 0.286. The number of hydrogen-bond acceptors (Lipinski definition) is 8. The van der Waals surface area contributed by atoms with Crippen molar-refractivity contribution in [1.82, 2.24) is 19.9 Å². The van der Waals surface area contributed by atoms with Crippen LogP contribution in [0.1, 0.15) is 0 Å². The van der Waals surface area contributed by atoms with Gasteiger partial charge in [0.1, 0.15) is 0 Å². The first-order valence-electron chi connectivity index (χ1n) is 13.5. The molecule has 0 aliphatic heterocycles. The second kappa shape index (κ2) is 21.3. The van der Waals surface area contributed by atoms with Gasteiger partial charge in [-0.1, -0.05) is 0 Å². The third kappa shape index (κ3) is 49.4. The molecule has 0 unspecified atom stereocenters. The molecule has 0 aromatic carbocycles. The zero-order valence-corrected chi connectivity index (χ0v) is 33.6. The molecule has 0 aliphatic carbocycles. The Morgan fingerprint density at radius 3 is 0.462 bits per heavy atom. The van der Waals surface area contributed by atoms with E-state index in [4.69, 9.17) is 0 Å². The van der Waals surface area contributed by atoms with Crippen LogP contribution in [0.4, 0.5) is 73.1 Å². The summed E-state index contributed by atoms with van der Waals surface area (Å²) in [6, 6.07) is 15.8. The summed E-state index contributed by atoms with van der Waals surface area (Å²) in [5.74, 6) is 0. The van der Waals surface area contributed by atoms with Crippen LogP contribution in [0.15, 0.2) is 98.1 Å². The summed E-state index contributed by atoms with van der Waals surface area (Å²) in [5.41, 5.74) is 4.74. The van der Waals surface area contributed by atoms with Crippen LogP contribution in [0.3, 0.4) is 0 Å². The topological polar surface area (TPSA) is 64.5 Å². The zero-order valence-electron chi connectivity index (χ0n) is 28.8. The Morgan fingerprint density at radius 1 is 0.308 bits per heavy atom. The molecule has 0 fully saturated rings. The largest absolute Gasteiger partial charge is 1.00 e. The molecule has 24 heteroatoms. The molecule has 4 aromatic heterocycles. The molecular weight excluding hydrogens is 954 g/mol. The van der Waals surface area contributed by atoms with Crippen LogP contribution in [0, 0.1) is 0 Å². The maximum atomic E-state index is 9.87. The van der Waals surface area contributed by atoms with Gasteiger partial charge in [-0.15, -0.1) is 0 Å². The van der Waals surface area contributed by atoms with Crippen molar-refractivity contribution in [3.8, 4) is 0 Å². The molecule has 0 amide bonds. The fourth-order valence-electron chi connectivity index (χ4n) is 2.57. The normalized spacial score (nSPS) is 12.5. The van der Waals surface area contributed by atoms with Gasteiger partial charge in [0.05, 0.1) is 0 Å². The summed E-state index contributed by atoms with van der Waals surface area (Å²) in [4.78, 5) is 23.8. The van der Waals surface area contributed by atoms with Gasteiger partial charge >= 0.3 is 111 Å². The van der Waals surface area contributed by atoms with Gasteiger partial charge in [0.25, 0.3) is 0 Å². The van der Waals surface area contributed by atoms with Crippen LogP contribution in [-0.2, 0) is 44.8 Å². The zero-order chi connectivity index (χ0) is 39.6. The van der Waals surface area contributed by atoms with E-state index in [2.05, 4.69) is 19.9 Å². The first kappa shape index (κ1) is 56.0. The first-order chi connectivity index (χ1) is 22.1. The second-order valence-corrected chi connectivity index (χ2v) is 14.1. The Hall–Kier alpha value is -2.70. The number of anilines is 4. The van der Waals surface area contributed by atoms with Gasteiger partial charge in [0.15, 0.2) is 0 Å². The molecule has 4 rings (SSSR count). The predicted octanol–water partition coefficient (Wildman–Crippen LogP) is 11.4. The van der Waals surface area contributed by atoms with E-state index in [0.717, 1.165) is 0 Å². The molecule has 52 heavy (non-hydrogen) atoms. The van der Waals surface area contributed by atoms with Crippen LogP contribution in [0.2, 0.25) is 0 Å². The summed E-state index contributed by atoms with van der Waals surface area (Å²) in [6.07, 6.45) is 14.3. The van der Waals surface area contributed by atoms with E-state index in [1.807, 2.05) is 125 Å². The Labute approximate surface area is 326 Å². The van der Waals surface area contributed by atoms with Crippen LogP contribution in [-0.4, -0.2) is 76.3 Å². The summed E-state index contributed by atoms with van der Waals surface area (Å²) in [7, 11) is -5.24. The number of pyridine rings is 4. The van der Waals surface area contributed by atoms with E-state index in [-0.39, 0.29) is 44.8 Å². The molecule has 8 nitrogen and oxygen atoms in total. The molecule has 0 atom stereocenters. The summed E-state index contributed by atoms with van der Waals surface area (Å²) in [6.45, 7) is 0. The molecule has 0 radical (unpaired) electrons. The van der Waals surface area contributed by atoms with Gasteiger partial charge in [-0.05, 0) is 48.5 Å². The van der Waals surface area contributed by atoms with Crippen molar-refractivity contribution in [3.63, 3.8) is 0 Å². The van der Waals surface area contributed by atoms with Crippen molar-refractivity contribution in [2.45, 2.75) is 0 Å². The monoisotopic (exact) mass is 992 g/mol. The Morgan fingerprint density at radius 2 is 0.404 bits per heavy atom. The number of aromatic nitrogens is 4. The fourth-order valence-corrected chi connectivity index (χ4v) is 2.57. The molecule has 0 saturated heterocycles. The van der Waals surface area contributed by atoms with Crippen molar-refractivity contribution in [2.24, 2.45) is 0 Å². The summed E-state index contributed by atoms with van der Waals surface area (Å²) in [5, 5.41) is 0. The average molecular weight is 994 g/mol.